The number of ether oxygens (including phenoxy) is 1. The molecule has 1 aromatic rings. The van der Waals surface area contributed by atoms with Crippen LogP contribution in [0.3, 0.4) is 0 Å². The molecule has 1 saturated carbocycles. The van der Waals surface area contributed by atoms with E-state index in [1.807, 2.05) is 12.1 Å². The van der Waals surface area contributed by atoms with Gasteiger partial charge in [0.2, 0.25) is 0 Å². The van der Waals surface area contributed by atoms with Crippen molar-refractivity contribution in [3.8, 4) is 0 Å². The van der Waals surface area contributed by atoms with E-state index >= 15 is 0 Å². The Morgan fingerprint density at radius 1 is 1.56 bits per heavy atom. The van der Waals surface area contributed by atoms with Gasteiger partial charge in [0.25, 0.3) is 5.91 Å². The smallest absolute Gasteiger partial charge is 0.261 e. The fourth-order valence-electron chi connectivity index (χ4n) is 1.98. The Hall–Kier alpha value is -0.390. The van der Waals surface area contributed by atoms with E-state index in [0.717, 1.165) is 27.9 Å². The van der Waals surface area contributed by atoms with Crippen LogP contribution in [0.1, 0.15) is 28.9 Å². The zero-order valence-electron chi connectivity index (χ0n) is 9.03. The molecule has 16 heavy (non-hydrogen) atoms. The quantitative estimate of drug-likeness (QED) is 0.932. The van der Waals surface area contributed by atoms with Gasteiger partial charge in [0, 0.05) is 13.2 Å². The summed E-state index contributed by atoms with van der Waals surface area (Å²) in [5.41, 5.74) is 0. The van der Waals surface area contributed by atoms with Gasteiger partial charge in [0.05, 0.1) is 14.8 Å². The molecule has 2 atom stereocenters. The maximum absolute atomic E-state index is 11.8. The van der Waals surface area contributed by atoms with Crippen molar-refractivity contribution in [1.29, 1.82) is 0 Å². The molecule has 2 unspecified atom stereocenters. The molecular formula is C11H14BrNO2S. The monoisotopic (exact) mass is 303 g/mol. The van der Waals surface area contributed by atoms with Crippen LogP contribution in [-0.4, -0.2) is 25.2 Å². The number of rotatable bonds is 3. The van der Waals surface area contributed by atoms with Gasteiger partial charge in [-0.25, -0.2) is 0 Å². The summed E-state index contributed by atoms with van der Waals surface area (Å²) < 4.78 is 6.26. The summed E-state index contributed by atoms with van der Waals surface area (Å²) >= 11 is 4.81. The van der Waals surface area contributed by atoms with E-state index in [-0.39, 0.29) is 11.9 Å². The van der Waals surface area contributed by atoms with E-state index in [2.05, 4.69) is 21.2 Å². The molecule has 0 aromatic carbocycles. The van der Waals surface area contributed by atoms with Crippen molar-refractivity contribution in [3.05, 3.63) is 20.8 Å². The van der Waals surface area contributed by atoms with E-state index in [1.165, 1.54) is 11.3 Å². The molecule has 0 spiro atoms. The van der Waals surface area contributed by atoms with Gasteiger partial charge in [0.15, 0.2) is 0 Å². The zero-order chi connectivity index (χ0) is 11.5. The molecule has 0 saturated heterocycles. The van der Waals surface area contributed by atoms with Crippen molar-refractivity contribution in [3.63, 3.8) is 0 Å². The minimum Gasteiger partial charge on any atom is -0.381 e. The maximum atomic E-state index is 11.8. The molecule has 1 amide bonds. The minimum atomic E-state index is 0.0254. The van der Waals surface area contributed by atoms with Crippen LogP contribution in [0.25, 0.3) is 0 Å². The highest BCUT2D eigenvalue weighted by Gasteiger charge is 2.26. The molecule has 1 aliphatic rings. The molecule has 1 N–H and O–H groups in total. The van der Waals surface area contributed by atoms with Crippen molar-refractivity contribution in [1.82, 2.24) is 5.32 Å². The van der Waals surface area contributed by atoms with Crippen LogP contribution >= 0.6 is 27.3 Å². The lowest BCUT2D eigenvalue weighted by Gasteiger charge is -2.11. The summed E-state index contributed by atoms with van der Waals surface area (Å²) in [5.74, 6) is 0.0254. The van der Waals surface area contributed by atoms with Gasteiger partial charge >= 0.3 is 0 Å². The number of nitrogens with one attached hydrogen (secondary N) is 1. The summed E-state index contributed by atoms with van der Waals surface area (Å²) in [7, 11) is 1.73. The van der Waals surface area contributed by atoms with Crippen molar-refractivity contribution in [2.24, 2.45) is 0 Å². The van der Waals surface area contributed by atoms with Crippen LogP contribution in [0.2, 0.25) is 0 Å². The van der Waals surface area contributed by atoms with E-state index in [9.17, 15) is 4.79 Å². The van der Waals surface area contributed by atoms with Gasteiger partial charge in [0.1, 0.15) is 0 Å². The van der Waals surface area contributed by atoms with Crippen LogP contribution in [0.5, 0.6) is 0 Å². The number of carbonyl (C=O) groups excluding carboxylic acids is 1. The summed E-state index contributed by atoms with van der Waals surface area (Å²) in [6.07, 6.45) is 3.28. The molecule has 1 heterocycles. The third-order valence-electron chi connectivity index (χ3n) is 2.85. The zero-order valence-corrected chi connectivity index (χ0v) is 11.4. The highest BCUT2D eigenvalue weighted by molar-refractivity contribution is 9.11. The lowest BCUT2D eigenvalue weighted by atomic mass is 10.2. The van der Waals surface area contributed by atoms with Crippen LogP contribution in [0.4, 0.5) is 0 Å². The van der Waals surface area contributed by atoms with Gasteiger partial charge in [-0.05, 0) is 47.3 Å². The number of amides is 1. The van der Waals surface area contributed by atoms with Gasteiger partial charge < -0.3 is 10.1 Å². The molecule has 2 rings (SSSR count). The first-order valence-electron chi connectivity index (χ1n) is 5.28. The number of methoxy groups -OCH3 is 1. The van der Waals surface area contributed by atoms with E-state index in [0.29, 0.717) is 6.10 Å². The second kappa shape index (κ2) is 5.29. The minimum absolute atomic E-state index is 0.0254. The fourth-order valence-corrected chi connectivity index (χ4v) is 3.27. The van der Waals surface area contributed by atoms with Gasteiger partial charge in [-0.3, -0.25) is 4.79 Å². The van der Waals surface area contributed by atoms with Crippen molar-refractivity contribution in [2.75, 3.05) is 7.11 Å². The second-order valence-electron chi connectivity index (χ2n) is 3.94. The Labute approximate surface area is 107 Å². The van der Waals surface area contributed by atoms with Gasteiger partial charge in [-0.15, -0.1) is 11.3 Å². The number of hydrogen-bond donors (Lipinski definition) is 1. The van der Waals surface area contributed by atoms with Gasteiger partial charge in [-0.2, -0.15) is 0 Å². The van der Waals surface area contributed by atoms with Crippen LogP contribution < -0.4 is 5.32 Å². The van der Waals surface area contributed by atoms with Crippen LogP contribution in [0.15, 0.2) is 15.9 Å². The Balaban J connectivity index is 1.89. The topological polar surface area (TPSA) is 38.3 Å². The number of halogens is 1. The predicted molar refractivity (Wildman–Crippen MR) is 67.9 cm³/mol. The molecule has 1 aliphatic carbocycles. The molecular weight excluding hydrogens is 290 g/mol. The molecule has 3 nitrogen and oxygen atoms in total. The standard InChI is InChI=1S/C11H14BrNO2S/c1-15-8-3-2-7(6-8)13-11(14)9-4-5-10(12)16-9/h4-5,7-8H,2-3,6H2,1H3,(H,13,14). The molecule has 0 radical (unpaired) electrons. The molecule has 88 valence electrons. The Morgan fingerprint density at radius 3 is 2.94 bits per heavy atom. The van der Waals surface area contributed by atoms with E-state index in [4.69, 9.17) is 4.74 Å². The van der Waals surface area contributed by atoms with Gasteiger partial charge in [-0.1, -0.05) is 0 Å². The third-order valence-corrected chi connectivity index (χ3v) is 4.47. The fraction of sp³-hybridized carbons (Fsp3) is 0.545. The van der Waals surface area contributed by atoms with E-state index < -0.39 is 0 Å². The summed E-state index contributed by atoms with van der Waals surface area (Å²) in [6.45, 7) is 0. The molecule has 1 aromatic heterocycles. The highest BCUT2D eigenvalue weighted by Crippen LogP contribution is 2.24. The van der Waals surface area contributed by atoms with Crippen LogP contribution in [-0.2, 0) is 4.74 Å². The summed E-state index contributed by atoms with van der Waals surface area (Å²) in [6, 6.07) is 4.00. The lowest BCUT2D eigenvalue weighted by Crippen LogP contribution is -2.32. The number of hydrogen-bond acceptors (Lipinski definition) is 3. The highest BCUT2D eigenvalue weighted by atomic mass is 79.9. The molecule has 0 aliphatic heterocycles. The molecule has 5 heteroatoms. The Bertz CT molecular complexity index is 380. The normalized spacial score (nSPS) is 24.6. The Morgan fingerprint density at radius 2 is 2.38 bits per heavy atom. The van der Waals surface area contributed by atoms with Crippen molar-refractivity contribution < 1.29 is 9.53 Å². The molecule has 1 fully saturated rings. The SMILES string of the molecule is COC1CCC(NC(=O)c2ccc(Br)s2)C1. The first kappa shape index (κ1) is 12.1. The number of carbonyl (C=O) groups is 1. The largest absolute Gasteiger partial charge is 0.381 e. The summed E-state index contributed by atoms with van der Waals surface area (Å²) in [5, 5.41) is 3.04. The average molecular weight is 304 g/mol. The van der Waals surface area contributed by atoms with Crippen molar-refractivity contribution in [2.45, 2.75) is 31.4 Å². The van der Waals surface area contributed by atoms with E-state index in [1.54, 1.807) is 7.11 Å². The first-order chi connectivity index (χ1) is 7.69. The van der Waals surface area contributed by atoms with Crippen LogP contribution in [0, 0.1) is 0 Å². The maximum Gasteiger partial charge on any atom is 0.261 e. The lowest BCUT2D eigenvalue weighted by molar-refractivity contribution is 0.0918. The third kappa shape index (κ3) is 2.84. The molecule has 0 bridgehead atoms. The first-order valence-corrected chi connectivity index (χ1v) is 6.89. The Kier molecular flexibility index (Phi) is 4.00. The predicted octanol–water partition coefficient (Wildman–Crippen LogP) is 2.81. The second-order valence-corrected chi connectivity index (χ2v) is 6.41. The summed E-state index contributed by atoms with van der Waals surface area (Å²) in [4.78, 5) is 12.6. The number of thiophene rings is 1. The average Bonchev–Trinajstić information content (AvgIpc) is 2.87. The van der Waals surface area contributed by atoms with Crippen molar-refractivity contribution >= 4 is 33.2 Å².